The van der Waals surface area contributed by atoms with Crippen LogP contribution in [0, 0.1) is 5.92 Å². The highest BCUT2D eigenvalue weighted by Gasteiger charge is 2.19. The van der Waals surface area contributed by atoms with Gasteiger partial charge in [0.25, 0.3) is 0 Å². The van der Waals surface area contributed by atoms with Crippen molar-refractivity contribution >= 4 is 33.3 Å². The van der Waals surface area contributed by atoms with Crippen molar-refractivity contribution in [2.45, 2.75) is 40.2 Å². The number of nitrogen functional groups attached to an aromatic ring is 1. The molecule has 0 radical (unpaired) electrons. The summed E-state index contributed by atoms with van der Waals surface area (Å²) in [5.41, 5.74) is 8.12. The van der Waals surface area contributed by atoms with Crippen molar-refractivity contribution < 1.29 is 0 Å². The van der Waals surface area contributed by atoms with Gasteiger partial charge in [-0.05, 0) is 34.0 Å². The maximum atomic E-state index is 6.36. The number of aromatic nitrogens is 2. The van der Waals surface area contributed by atoms with E-state index in [4.69, 9.17) is 22.3 Å². The average molecular weight is 371 g/mol. The highest BCUT2D eigenvalue weighted by molar-refractivity contribution is 9.10. The molecule has 1 aromatic heterocycles. The van der Waals surface area contributed by atoms with Crippen LogP contribution in [0.2, 0.25) is 5.02 Å². The molecule has 0 unspecified atom stereocenters. The second-order valence-corrected chi connectivity index (χ2v) is 7.25. The number of hydrogen-bond acceptors (Lipinski definition) is 2. The Bertz CT molecular complexity index is 647. The number of imidazole rings is 1. The van der Waals surface area contributed by atoms with Gasteiger partial charge < -0.3 is 10.3 Å². The van der Waals surface area contributed by atoms with E-state index < -0.39 is 0 Å². The SMILES string of the molecule is CC(C)Cn1c(C(C)C)nc(-c2ccc(Br)c(Cl)c2)c1N. The van der Waals surface area contributed by atoms with E-state index in [9.17, 15) is 0 Å². The molecule has 0 bridgehead atoms. The summed E-state index contributed by atoms with van der Waals surface area (Å²) < 4.78 is 3.00. The topological polar surface area (TPSA) is 43.8 Å². The van der Waals surface area contributed by atoms with Crippen molar-refractivity contribution in [3.8, 4) is 11.3 Å². The van der Waals surface area contributed by atoms with E-state index in [1.807, 2.05) is 18.2 Å². The number of nitrogens with zero attached hydrogens (tertiary/aromatic N) is 2. The van der Waals surface area contributed by atoms with E-state index in [0.29, 0.717) is 22.7 Å². The average Bonchev–Trinajstić information content (AvgIpc) is 2.70. The molecule has 0 amide bonds. The molecule has 5 heteroatoms. The van der Waals surface area contributed by atoms with Crippen LogP contribution in [-0.2, 0) is 6.54 Å². The zero-order chi connectivity index (χ0) is 15.7. The molecule has 0 saturated carbocycles. The fourth-order valence-electron chi connectivity index (χ4n) is 2.34. The lowest BCUT2D eigenvalue weighted by atomic mass is 10.1. The van der Waals surface area contributed by atoms with Crippen LogP contribution < -0.4 is 5.73 Å². The largest absolute Gasteiger partial charge is 0.383 e. The van der Waals surface area contributed by atoms with Crippen molar-refractivity contribution in [2.75, 3.05) is 5.73 Å². The van der Waals surface area contributed by atoms with E-state index in [1.54, 1.807) is 0 Å². The van der Waals surface area contributed by atoms with Crippen LogP contribution in [0.5, 0.6) is 0 Å². The zero-order valence-corrected chi connectivity index (χ0v) is 15.2. The zero-order valence-electron chi connectivity index (χ0n) is 12.8. The summed E-state index contributed by atoms with van der Waals surface area (Å²) in [5.74, 6) is 2.58. The fourth-order valence-corrected chi connectivity index (χ4v) is 2.76. The standard InChI is InChI=1S/C16H21BrClN3/c1-9(2)8-21-15(19)14(20-16(21)10(3)4)11-5-6-12(17)13(18)7-11/h5-7,9-10H,8,19H2,1-4H3. The van der Waals surface area contributed by atoms with E-state index >= 15 is 0 Å². The van der Waals surface area contributed by atoms with Crippen LogP contribution in [0.3, 0.4) is 0 Å². The smallest absolute Gasteiger partial charge is 0.131 e. The Labute approximate surface area is 139 Å². The Morgan fingerprint density at radius 3 is 2.48 bits per heavy atom. The minimum absolute atomic E-state index is 0.325. The van der Waals surface area contributed by atoms with Gasteiger partial charge in [-0.1, -0.05) is 45.4 Å². The highest BCUT2D eigenvalue weighted by Crippen LogP contribution is 2.33. The maximum Gasteiger partial charge on any atom is 0.131 e. The third kappa shape index (κ3) is 3.43. The lowest BCUT2D eigenvalue weighted by Gasteiger charge is -2.14. The maximum absolute atomic E-state index is 6.36. The summed E-state index contributed by atoms with van der Waals surface area (Å²) >= 11 is 9.59. The predicted molar refractivity (Wildman–Crippen MR) is 93.7 cm³/mol. The van der Waals surface area contributed by atoms with E-state index in [0.717, 1.165) is 28.1 Å². The Hall–Kier alpha value is -1.00. The van der Waals surface area contributed by atoms with Crippen molar-refractivity contribution in [3.05, 3.63) is 33.5 Å². The quantitative estimate of drug-likeness (QED) is 0.790. The molecular weight excluding hydrogens is 350 g/mol. The minimum atomic E-state index is 0.325. The summed E-state index contributed by atoms with van der Waals surface area (Å²) in [7, 11) is 0. The molecule has 114 valence electrons. The molecule has 0 fully saturated rings. The number of benzene rings is 1. The lowest BCUT2D eigenvalue weighted by Crippen LogP contribution is -2.12. The Morgan fingerprint density at radius 1 is 1.29 bits per heavy atom. The molecule has 0 atom stereocenters. The van der Waals surface area contributed by atoms with Gasteiger partial charge >= 0.3 is 0 Å². The summed E-state index contributed by atoms with van der Waals surface area (Å²) in [6.45, 7) is 9.50. The number of halogens is 2. The van der Waals surface area contributed by atoms with E-state index in [1.165, 1.54) is 0 Å². The van der Waals surface area contributed by atoms with Crippen LogP contribution >= 0.6 is 27.5 Å². The molecule has 2 rings (SSSR count). The molecule has 21 heavy (non-hydrogen) atoms. The Kier molecular flexibility index (Phi) is 4.99. The van der Waals surface area contributed by atoms with Gasteiger partial charge in [0.05, 0.1) is 5.02 Å². The second-order valence-electron chi connectivity index (χ2n) is 5.99. The van der Waals surface area contributed by atoms with Gasteiger partial charge in [-0.2, -0.15) is 0 Å². The Balaban J connectivity index is 2.56. The summed E-state index contributed by atoms with van der Waals surface area (Å²) in [6, 6.07) is 5.81. The van der Waals surface area contributed by atoms with E-state index in [-0.39, 0.29) is 0 Å². The molecular formula is C16H21BrClN3. The third-order valence-electron chi connectivity index (χ3n) is 3.29. The first-order valence-electron chi connectivity index (χ1n) is 7.12. The first kappa shape index (κ1) is 16.4. The third-order valence-corrected chi connectivity index (χ3v) is 4.53. The molecule has 0 aliphatic rings. The molecule has 0 saturated heterocycles. The van der Waals surface area contributed by atoms with Crippen LogP contribution in [-0.4, -0.2) is 9.55 Å². The Morgan fingerprint density at radius 2 is 1.95 bits per heavy atom. The second kappa shape index (κ2) is 6.41. The fraction of sp³-hybridized carbons (Fsp3) is 0.438. The number of hydrogen-bond donors (Lipinski definition) is 1. The van der Waals surface area contributed by atoms with Gasteiger partial charge in [-0.25, -0.2) is 4.98 Å². The van der Waals surface area contributed by atoms with Gasteiger partial charge in [0, 0.05) is 22.5 Å². The first-order valence-corrected chi connectivity index (χ1v) is 8.29. The number of rotatable bonds is 4. The van der Waals surface area contributed by atoms with Crippen LogP contribution in [0.1, 0.15) is 39.4 Å². The highest BCUT2D eigenvalue weighted by atomic mass is 79.9. The number of anilines is 1. The monoisotopic (exact) mass is 369 g/mol. The molecule has 0 aliphatic heterocycles. The van der Waals surface area contributed by atoms with Crippen LogP contribution in [0.25, 0.3) is 11.3 Å². The van der Waals surface area contributed by atoms with Crippen molar-refractivity contribution in [1.82, 2.24) is 9.55 Å². The first-order chi connectivity index (χ1) is 9.81. The van der Waals surface area contributed by atoms with Crippen molar-refractivity contribution in [3.63, 3.8) is 0 Å². The summed E-state index contributed by atoms with van der Waals surface area (Å²) in [4.78, 5) is 4.77. The van der Waals surface area contributed by atoms with Gasteiger partial charge in [0.15, 0.2) is 0 Å². The predicted octanol–water partition coefficient (Wildman–Crippen LogP) is 5.33. The molecule has 2 aromatic rings. The van der Waals surface area contributed by atoms with Gasteiger partial charge in [0.1, 0.15) is 17.3 Å². The molecule has 0 aliphatic carbocycles. The van der Waals surface area contributed by atoms with Gasteiger partial charge in [-0.15, -0.1) is 0 Å². The molecule has 0 spiro atoms. The lowest BCUT2D eigenvalue weighted by molar-refractivity contribution is 0.502. The molecule has 1 heterocycles. The molecule has 1 aromatic carbocycles. The summed E-state index contributed by atoms with van der Waals surface area (Å²) in [6.07, 6.45) is 0. The van der Waals surface area contributed by atoms with Crippen LogP contribution in [0.15, 0.2) is 22.7 Å². The number of nitrogens with two attached hydrogens (primary N) is 1. The van der Waals surface area contributed by atoms with Crippen LogP contribution in [0.4, 0.5) is 5.82 Å². The normalized spacial score (nSPS) is 11.6. The van der Waals surface area contributed by atoms with E-state index in [2.05, 4.69) is 48.2 Å². The molecule has 3 nitrogen and oxygen atoms in total. The van der Waals surface area contributed by atoms with Gasteiger partial charge in [-0.3, -0.25) is 0 Å². The van der Waals surface area contributed by atoms with Crippen molar-refractivity contribution in [1.29, 1.82) is 0 Å². The van der Waals surface area contributed by atoms with Gasteiger partial charge in [0.2, 0.25) is 0 Å². The molecule has 2 N–H and O–H groups in total. The minimum Gasteiger partial charge on any atom is -0.383 e. The van der Waals surface area contributed by atoms with Crippen molar-refractivity contribution in [2.24, 2.45) is 5.92 Å². The summed E-state index contributed by atoms with van der Waals surface area (Å²) in [5, 5.41) is 0.663.